The fraction of sp³-hybridized carbons (Fsp3) is 0.565. The van der Waals surface area contributed by atoms with Crippen LogP contribution in [-0.2, 0) is 10.0 Å². The van der Waals surface area contributed by atoms with Crippen molar-refractivity contribution >= 4 is 26.8 Å². The summed E-state index contributed by atoms with van der Waals surface area (Å²) in [4.78, 5) is 12.9. The number of pyridine rings is 1. The summed E-state index contributed by atoms with van der Waals surface area (Å²) in [6.45, 7) is 4.47. The van der Waals surface area contributed by atoms with Crippen LogP contribution in [0.25, 0.3) is 10.9 Å². The molecule has 1 heterocycles. The van der Waals surface area contributed by atoms with E-state index in [0.29, 0.717) is 29.7 Å². The highest BCUT2D eigenvalue weighted by Crippen LogP contribution is 2.28. The van der Waals surface area contributed by atoms with Crippen LogP contribution < -0.4 is 14.4 Å². The quantitative estimate of drug-likeness (QED) is 0.364. The Morgan fingerprint density at radius 1 is 0.967 bits per heavy atom. The molecule has 0 unspecified atom stereocenters. The van der Waals surface area contributed by atoms with Gasteiger partial charge in [0, 0.05) is 6.07 Å². The van der Waals surface area contributed by atoms with E-state index in [4.69, 9.17) is 9.88 Å². The third-order valence-electron chi connectivity index (χ3n) is 5.25. The molecule has 0 fully saturated rings. The zero-order valence-electron chi connectivity index (χ0n) is 18.2. The first-order valence-corrected chi connectivity index (χ1v) is 12.6. The van der Waals surface area contributed by atoms with E-state index in [1.165, 1.54) is 49.2 Å². The SMILES string of the molecule is CCCCCCCCCCCC(=O)[n+]1cccc2c(S(N)(=O)=O)ccc(OCC)c21. The molecule has 166 valence electrons. The van der Waals surface area contributed by atoms with Gasteiger partial charge in [0.25, 0.3) is 5.52 Å². The van der Waals surface area contributed by atoms with Crippen molar-refractivity contribution in [2.24, 2.45) is 5.14 Å². The van der Waals surface area contributed by atoms with Gasteiger partial charge in [0.2, 0.25) is 10.0 Å². The fourth-order valence-electron chi connectivity index (χ4n) is 3.71. The van der Waals surface area contributed by atoms with Gasteiger partial charge in [-0.2, -0.15) is 0 Å². The van der Waals surface area contributed by atoms with Crippen LogP contribution in [0.1, 0.15) is 82.9 Å². The van der Waals surface area contributed by atoms with Gasteiger partial charge in [-0.25, -0.2) is 18.4 Å². The Morgan fingerprint density at radius 3 is 2.20 bits per heavy atom. The van der Waals surface area contributed by atoms with E-state index in [9.17, 15) is 13.2 Å². The van der Waals surface area contributed by atoms with Crippen LogP contribution in [0.3, 0.4) is 0 Å². The van der Waals surface area contributed by atoms with Gasteiger partial charge in [-0.05, 0) is 31.5 Å². The van der Waals surface area contributed by atoms with E-state index in [-0.39, 0.29) is 10.8 Å². The highest BCUT2D eigenvalue weighted by Gasteiger charge is 2.26. The molecule has 0 bridgehead atoms. The van der Waals surface area contributed by atoms with E-state index in [2.05, 4.69) is 6.92 Å². The molecule has 30 heavy (non-hydrogen) atoms. The molecule has 1 aromatic heterocycles. The molecule has 6 nitrogen and oxygen atoms in total. The minimum atomic E-state index is -3.92. The average Bonchev–Trinajstić information content (AvgIpc) is 2.71. The Balaban J connectivity index is 2.08. The smallest absolute Gasteiger partial charge is 0.392 e. The number of unbranched alkanes of at least 4 members (excludes halogenated alkanes) is 8. The Bertz CT molecular complexity index is 942. The van der Waals surface area contributed by atoms with E-state index in [1.807, 2.05) is 6.92 Å². The number of hydrogen-bond donors (Lipinski definition) is 1. The summed E-state index contributed by atoms with van der Waals surface area (Å²) in [5.41, 5.74) is 0.451. The Hall–Kier alpha value is -1.99. The lowest BCUT2D eigenvalue weighted by Crippen LogP contribution is -2.43. The lowest BCUT2D eigenvalue weighted by atomic mass is 10.1. The van der Waals surface area contributed by atoms with Crippen molar-refractivity contribution in [3.63, 3.8) is 0 Å². The van der Waals surface area contributed by atoms with Crippen molar-refractivity contribution < 1.29 is 22.5 Å². The maximum atomic E-state index is 12.9. The van der Waals surface area contributed by atoms with Gasteiger partial charge in [0.05, 0.1) is 23.3 Å². The predicted molar refractivity (Wildman–Crippen MR) is 119 cm³/mol. The molecule has 0 spiro atoms. The Labute approximate surface area is 180 Å². The van der Waals surface area contributed by atoms with Crippen LogP contribution in [-0.4, -0.2) is 20.9 Å². The molecule has 2 rings (SSSR count). The summed E-state index contributed by atoms with van der Waals surface area (Å²) in [7, 11) is -3.92. The summed E-state index contributed by atoms with van der Waals surface area (Å²) in [6, 6.07) is 6.31. The molecular weight excluding hydrogens is 400 g/mol. The van der Waals surface area contributed by atoms with Gasteiger partial charge in [-0.3, -0.25) is 0 Å². The van der Waals surface area contributed by atoms with Crippen molar-refractivity contribution in [3.8, 4) is 5.75 Å². The second-order valence-corrected chi connectivity index (χ2v) is 9.18. The van der Waals surface area contributed by atoms with Crippen molar-refractivity contribution in [1.82, 2.24) is 0 Å². The van der Waals surface area contributed by atoms with E-state index in [0.717, 1.165) is 19.3 Å². The number of ether oxygens (including phenoxy) is 1. The van der Waals surface area contributed by atoms with E-state index < -0.39 is 10.0 Å². The predicted octanol–water partition coefficient (Wildman–Crippen LogP) is 4.73. The topological polar surface area (TPSA) is 90.3 Å². The largest absolute Gasteiger partial charge is 0.487 e. The van der Waals surface area contributed by atoms with Crippen LogP contribution in [0.2, 0.25) is 0 Å². The maximum absolute atomic E-state index is 12.9. The number of rotatable bonds is 13. The second kappa shape index (κ2) is 12.0. The molecule has 0 amide bonds. The highest BCUT2D eigenvalue weighted by molar-refractivity contribution is 7.89. The second-order valence-electron chi connectivity index (χ2n) is 7.65. The average molecular weight is 436 g/mol. The molecule has 0 radical (unpaired) electrons. The lowest BCUT2D eigenvalue weighted by Gasteiger charge is -2.09. The van der Waals surface area contributed by atoms with Gasteiger partial charge in [-0.1, -0.05) is 58.3 Å². The molecule has 7 heteroatoms. The normalized spacial score (nSPS) is 11.7. The van der Waals surface area contributed by atoms with Crippen molar-refractivity contribution in [2.75, 3.05) is 6.61 Å². The summed E-state index contributed by atoms with van der Waals surface area (Å²) < 4.78 is 31.2. The molecule has 0 aliphatic rings. The third kappa shape index (κ3) is 6.77. The van der Waals surface area contributed by atoms with Gasteiger partial charge < -0.3 is 4.74 Å². The lowest BCUT2D eigenvalue weighted by molar-refractivity contribution is -0.546. The van der Waals surface area contributed by atoms with Crippen LogP contribution >= 0.6 is 0 Å². The minimum Gasteiger partial charge on any atom is -0.487 e. The highest BCUT2D eigenvalue weighted by atomic mass is 32.2. The van der Waals surface area contributed by atoms with Crippen LogP contribution in [0, 0.1) is 0 Å². The number of primary sulfonamides is 1. The molecule has 1 aromatic carbocycles. The summed E-state index contributed by atoms with van der Waals surface area (Å²) in [5, 5.41) is 5.77. The molecule has 2 N–H and O–H groups in total. The van der Waals surface area contributed by atoms with Crippen LogP contribution in [0.5, 0.6) is 5.75 Å². The first-order valence-electron chi connectivity index (χ1n) is 11.1. The zero-order valence-corrected chi connectivity index (χ0v) is 19.0. The zero-order chi connectivity index (χ0) is 22.0. The number of benzene rings is 1. The summed E-state index contributed by atoms with van der Waals surface area (Å²) in [5.74, 6) is 0.400. The number of nitrogens with two attached hydrogens (primary N) is 1. The first kappa shape index (κ1) is 24.3. The van der Waals surface area contributed by atoms with Gasteiger partial charge in [-0.15, -0.1) is 4.57 Å². The summed E-state index contributed by atoms with van der Waals surface area (Å²) in [6.07, 6.45) is 12.7. The molecular formula is C23H35N2O4S+. The first-order chi connectivity index (χ1) is 14.4. The van der Waals surface area contributed by atoms with E-state index >= 15 is 0 Å². The van der Waals surface area contributed by atoms with Crippen molar-refractivity contribution in [2.45, 2.75) is 83.0 Å². The fourth-order valence-corrected chi connectivity index (χ4v) is 4.44. The molecule has 0 aliphatic heterocycles. The van der Waals surface area contributed by atoms with Crippen LogP contribution in [0.4, 0.5) is 0 Å². The van der Waals surface area contributed by atoms with Crippen molar-refractivity contribution in [3.05, 3.63) is 30.5 Å². The number of sulfonamides is 1. The summed E-state index contributed by atoms with van der Waals surface area (Å²) >= 11 is 0. The maximum Gasteiger partial charge on any atom is 0.392 e. The monoisotopic (exact) mass is 435 g/mol. The van der Waals surface area contributed by atoms with Gasteiger partial charge in [0.15, 0.2) is 11.9 Å². The molecule has 0 saturated heterocycles. The number of aromatic nitrogens is 1. The number of carbonyl (C=O) groups is 1. The number of fused-ring (bicyclic) bond motifs is 1. The number of carbonyl (C=O) groups excluding carboxylic acids is 1. The third-order valence-corrected chi connectivity index (χ3v) is 6.22. The molecule has 0 atom stereocenters. The molecule has 0 aliphatic carbocycles. The van der Waals surface area contributed by atoms with Gasteiger partial charge in [0.1, 0.15) is 0 Å². The Morgan fingerprint density at radius 2 is 1.60 bits per heavy atom. The van der Waals surface area contributed by atoms with Gasteiger partial charge >= 0.3 is 5.91 Å². The van der Waals surface area contributed by atoms with Crippen molar-refractivity contribution in [1.29, 1.82) is 0 Å². The minimum absolute atomic E-state index is 0.00817. The molecule has 2 aromatic rings. The Kier molecular flexibility index (Phi) is 9.72. The van der Waals surface area contributed by atoms with Crippen LogP contribution in [0.15, 0.2) is 35.4 Å². The standard InChI is InChI=1S/C23H35N2O4S/c1-3-5-6-7-8-9-10-11-12-15-22(26)25-18-13-14-19-21(30(24,27)28)17-16-20(23(19)25)29-4-2/h13-14,16-18H,3-12,15H2,1-2H3,(H2,24,27,28)/q+1. The number of nitrogens with zero attached hydrogens (tertiary/aromatic N) is 1. The van der Waals surface area contributed by atoms with E-state index in [1.54, 1.807) is 24.4 Å². The number of hydrogen-bond acceptors (Lipinski definition) is 4. The molecule has 0 saturated carbocycles.